The fraction of sp³-hybridized carbons (Fsp3) is 1.00. The van der Waals surface area contributed by atoms with Crippen LogP contribution >= 0.6 is 11.6 Å². The van der Waals surface area contributed by atoms with Crippen molar-refractivity contribution >= 4 is 11.6 Å². The summed E-state index contributed by atoms with van der Waals surface area (Å²) >= 11 is 4.38. The third-order valence-corrected chi connectivity index (χ3v) is 2.33. The lowest BCUT2D eigenvalue weighted by molar-refractivity contribution is -0.583. The first-order valence-corrected chi connectivity index (χ1v) is 4.62. The Kier molecular flexibility index (Phi) is 3.49. The molecule has 0 atom stereocenters. The molecule has 114 valence electrons. The van der Waals surface area contributed by atoms with Gasteiger partial charge in [-0.3, -0.25) is 0 Å². The van der Waals surface area contributed by atoms with E-state index in [0.717, 1.165) is 0 Å². The summed E-state index contributed by atoms with van der Waals surface area (Å²) in [5.74, 6) is -2.36. The van der Waals surface area contributed by atoms with Crippen molar-refractivity contribution in [3.8, 4) is 0 Å². The first-order chi connectivity index (χ1) is 8.13. The Morgan fingerprint density at radius 2 is 1.16 bits per heavy atom. The zero-order chi connectivity index (χ0) is 15.5. The van der Waals surface area contributed by atoms with E-state index in [0.29, 0.717) is 0 Å². The van der Waals surface area contributed by atoms with Crippen LogP contribution in [0.2, 0.25) is 0 Å². The van der Waals surface area contributed by atoms with Crippen LogP contribution in [0.15, 0.2) is 0 Å². The van der Waals surface area contributed by atoms with Crippen LogP contribution < -0.4 is 0 Å². The summed E-state index contributed by atoms with van der Waals surface area (Å²) in [5, 5.41) is 0. The van der Waals surface area contributed by atoms with E-state index in [1.165, 1.54) is 0 Å². The molecular weight excluding hydrogens is 328 g/mol. The number of morpholine rings is 1. The lowest BCUT2D eigenvalue weighted by Crippen LogP contribution is -2.77. The molecular formula is C6H2ClF10NO. The minimum Gasteiger partial charge on any atom is -0.243 e. The number of hydrogen-bond donors (Lipinski definition) is 0. The molecule has 0 radical (unpaired) electrons. The van der Waals surface area contributed by atoms with E-state index in [4.69, 9.17) is 0 Å². The van der Waals surface area contributed by atoms with E-state index in [-0.39, 0.29) is 0 Å². The first-order valence-electron chi connectivity index (χ1n) is 4.09. The minimum atomic E-state index is -6.42. The summed E-state index contributed by atoms with van der Waals surface area (Å²) < 4.78 is 129. The SMILES string of the molecule is FC(F)(CCl)N1C(F)(F)C(F)(F)OC(F)(F)C1(F)F. The summed E-state index contributed by atoms with van der Waals surface area (Å²) in [7, 11) is 0. The molecule has 0 aliphatic carbocycles. The Morgan fingerprint density at radius 1 is 0.842 bits per heavy atom. The molecule has 0 N–H and O–H groups in total. The third-order valence-electron chi connectivity index (χ3n) is 2.01. The number of rotatable bonds is 2. The summed E-state index contributed by atoms with van der Waals surface area (Å²) in [5.41, 5.74) is 0. The highest BCUT2D eigenvalue weighted by atomic mass is 35.5. The van der Waals surface area contributed by atoms with E-state index in [2.05, 4.69) is 11.6 Å². The van der Waals surface area contributed by atoms with Crippen LogP contribution in [0.4, 0.5) is 43.9 Å². The maximum absolute atomic E-state index is 12.9. The second kappa shape index (κ2) is 4.01. The number of hydrogen-bond acceptors (Lipinski definition) is 2. The van der Waals surface area contributed by atoms with Gasteiger partial charge in [0.15, 0.2) is 0 Å². The maximum atomic E-state index is 12.9. The Hall–Kier alpha value is -0.490. The van der Waals surface area contributed by atoms with Gasteiger partial charge in [0.2, 0.25) is 0 Å². The van der Waals surface area contributed by atoms with E-state index in [1.54, 1.807) is 0 Å². The van der Waals surface area contributed by atoms with Crippen molar-refractivity contribution in [2.24, 2.45) is 0 Å². The van der Waals surface area contributed by atoms with Gasteiger partial charge in [-0.15, -0.1) is 16.5 Å². The highest BCUT2D eigenvalue weighted by Gasteiger charge is 2.86. The summed E-state index contributed by atoms with van der Waals surface area (Å²) in [6.45, 7) is 0. The zero-order valence-electron chi connectivity index (χ0n) is 8.22. The highest BCUT2D eigenvalue weighted by molar-refractivity contribution is 6.18. The van der Waals surface area contributed by atoms with Crippen molar-refractivity contribution in [2.75, 3.05) is 5.88 Å². The van der Waals surface area contributed by atoms with Gasteiger partial charge in [-0.1, -0.05) is 0 Å². The smallest absolute Gasteiger partial charge is 0.243 e. The summed E-state index contributed by atoms with van der Waals surface area (Å²) in [6.07, 6.45) is -12.6. The molecule has 0 aromatic carbocycles. The largest absolute Gasteiger partial charge is 0.439 e. The van der Waals surface area contributed by atoms with E-state index in [1.807, 2.05) is 4.74 Å². The molecule has 0 spiro atoms. The standard InChI is InChI=1S/C6H2ClF10NO/c7-1-2(8,9)18-3(10,11)5(14,15)19-6(16,17)4(18,12)13/h1H2. The first kappa shape index (κ1) is 16.6. The fourth-order valence-corrected chi connectivity index (χ4v) is 1.31. The molecule has 0 amide bonds. The Labute approximate surface area is 102 Å². The number of alkyl halides is 11. The normalized spacial score (nSPS) is 29.2. The molecule has 1 heterocycles. The van der Waals surface area contributed by atoms with Crippen LogP contribution in [0.3, 0.4) is 0 Å². The van der Waals surface area contributed by atoms with Crippen molar-refractivity contribution in [3.63, 3.8) is 0 Å². The molecule has 0 aromatic heterocycles. The molecule has 19 heavy (non-hydrogen) atoms. The van der Waals surface area contributed by atoms with Crippen LogP contribution in [0.1, 0.15) is 0 Å². The molecule has 0 unspecified atom stereocenters. The summed E-state index contributed by atoms with van der Waals surface area (Å²) in [4.78, 5) is -2.94. The van der Waals surface area contributed by atoms with E-state index < -0.39 is 41.1 Å². The lowest BCUT2D eigenvalue weighted by atomic mass is 10.2. The van der Waals surface area contributed by atoms with Gasteiger partial charge in [0, 0.05) is 0 Å². The molecule has 1 saturated heterocycles. The van der Waals surface area contributed by atoms with Crippen molar-refractivity contribution < 1.29 is 48.6 Å². The Morgan fingerprint density at radius 3 is 1.42 bits per heavy atom. The Balaban J connectivity index is 3.51. The van der Waals surface area contributed by atoms with Crippen molar-refractivity contribution in [1.29, 1.82) is 0 Å². The van der Waals surface area contributed by atoms with Crippen LogP contribution in [0, 0.1) is 0 Å². The fourth-order valence-electron chi connectivity index (χ4n) is 1.19. The summed E-state index contributed by atoms with van der Waals surface area (Å²) in [6, 6.07) is -18.4. The molecule has 13 heteroatoms. The predicted octanol–water partition coefficient (Wildman–Crippen LogP) is 3.52. The topological polar surface area (TPSA) is 12.5 Å². The molecule has 1 fully saturated rings. The molecule has 0 aromatic rings. The number of nitrogens with zero attached hydrogens (tertiary/aromatic N) is 1. The van der Waals surface area contributed by atoms with Gasteiger partial charge in [0.05, 0.1) is 0 Å². The zero-order valence-corrected chi connectivity index (χ0v) is 8.98. The molecule has 1 rings (SSSR count). The average molecular weight is 330 g/mol. The van der Waals surface area contributed by atoms with Gasteiger partial charge in [-0.2, -0.15) is 43.9 Å². The lowest BCUT2D eigenvalue weighted by Gasteiger charge is -2.48. The second-order valence-corrected chi connectivity index (χ2v) is 3.62. The van der Waals surface area contributed by atoms with E-state index in [9.17, 15) is 43.9 Å². The van der Waals surface area contributed by atoms with Gasteiger partial charge in [-0.25, -0.2) is 4.74 Å². The number of ether oxygens (including phenoxy) is 1. The van der Waals surface area contributed by atoms with Gasteiger partial charge in [0.1, 0.15) is 5.88 Å². The predicted molar refractivity (Wildman–Crippen MR) is 38.4 cm³/mol. The number of halogens is 11. The average Bonchev–Trinajstić information content (AvgIpc) is 2.12. The molecule has 0 bridgehead atoms. The van der Waals surface area contributed by atoms with Crippen LogP contribution in [0.5, 0.6) is 0 Å². The third kappa shape index (κ3) is 2.13. The van der Waals surface area contributed by atoms with Gasteiger partial charge in [-0.05, 0) is 0 Å². The molecule has 0 saturated carbocycles. The van der Waals surface area contributed by atoms with Crippen LogP contribution in [-0.4, -0.2) is 41.1 Å². The quantitative estimate of drug-likeness (QED) is 0.437. The molecule has 1 aliphatic rings. The van der Waals surface area contributed by atoms with E-state index >= 15 is 0 Å². The van der Waals surface area contributed by atoms with Gasteiger partial charge < -0.3 is 0 Å². The van der Waals surface area contributed by atoms with Crippen molar-refractivity contribution in [3.05, 3.63) is 0 Å². The van der Waals surface area contributed by atoms with Gasteiger partial charge >= 0.3 is 30.4 Å². The van der Waals surface area contributed by atoms with Crippen molar-refractivity contribution in [2.45, 2.75) is 30.4 Å². The van der Waals surface area contributed by atoms with Crippen LogP contribution in [0.25, 0.3) is 0 Å². The monoisotopic (exact) mass is 329 g/mol. The van der Waals surface area contributed by atoms with Gasteiger partial charge in [0.25, 0.3) is 0 Å². The maximum Gasteiger partial charge on any atom is 0.439 e. The van der Waals surface area contributed by atoms with Crippen LogP contribution in [-0.2, 0) is 4.74 Å². The highest BCUT2D eigenvalue weighted by Crippen LogP contribution is 2.58. The minimum absolute atomic E-state index is 1.98. The molecule has 2 nitrogen and oxygen atoms in total. The van der Waals surface area contributed by atoms with Crippen molar-refractivity contribution in [1.82, 2.24) is 4.90 Å². The Bertz CT molecular complexity index is 345. The molecule has 1 aliphatic heterocycles. The second-order valence-electron chi connectivity index (χ2n) is 3.35.